The van der Waals surface area contributed by atoms with Crippen molar-refractivity contribution in [1.29, 1.82) is 0 Å². The van der Waals surface area contributed by atoms with Crippen molar-refractivity contribution in [2.45, 2.75) is 36.3 Å². The van der Waals surface area contributed by atoms with E-state index < -0.39 is 22.2 Å². The molecule has 2 heterocycles. The SMILES string of the molecule is NCCNS(=O)(=O)c1ccc(-c2ccnc3[nH]c(C4CCC4)cc23)cc1.O=C(O)C(F)(F)F. The Bertz CT molecular complexity index is 1220. The van der Waals surface area contributed by atoms with Crippen LogP contribution in [0.1, 0.15) is 30.9 Å². The Morgan fingerprint density at radius 2 is 1.85 bits per heavy atom. The van der Waals surface area contributed by atoms with E-state index >= 15 is 0 Å². The fraction of sp³-hybridized carbons (Fsp3) is 0.333. The van der Waals surface area contributed by atoms with Gasteiger partial charge >= 0.3 is 12.1 Å². The lowest BCUT2D eigenvalue weighted by Crippen LogP contribution is -2.29. The van der Waals surface area contributed by atoms with Gasteiger partial charge in [-0.2, -0.15) is 13.2 Å². The molecule has 1 saturated carbocycles. The smallest absolute Gasteiger partial charge is 0.475 e. The van der Waals surface area contributed by atoms with Crippen molar-refractivity contribution in [2.75, 3.05) is 13.1 Å². The van der Waals surface area contributed by atoms with Crippen LogP contribution in [-0.2, 0) is 14.8 Å². The number of carboxylic acids is 1. The molecular formula is C21H23F3N4O4S. The molecule has 0 radical (unpaired) electrons. The topological polar surface area (TPSA) is 138 Å². The molecule has 4 rings (SSSR count). The molecule has 1 fully saturated rings. The molecule has 3 aromatic rings. The molecule has 1 aliphatic rings. The van der Waals surface area contributed by atoms with Gasteiger partial charge in [0, 0.05) is 30.4 Å². The summed E-state index contributed by atoms with van der Waals surface area (Å²) in [5.74, 6) is -2.15. The quantitative estimate of drug-likeness (QED) is 0.423. The Labute approximate surface area is 188 Å². The minimum Gasteiger partial charge on any atom is -0.475 e. The van der Waals surface area contributed by atoms with E-state index in [4.69, 9.17) is 15.6 Å². The molecule has 0 saturated heterocycles. The molecule has 2 aromatic heterocycles. The van der Waals surface area contributed by atoms with Gasteiger partial charge in [-0.3, -0.25) is 0 Å². The Morgan fingerprint density at radius 1 is 1.21 bits per heavy atom. The molecule has 0 bridgehead atoms. The highest BCUT2D eigenvalue weighted by molar-refractivity contribution is 7.89. The zero-order valence-corrected chi connectivity index (χ0v) is 18.2. The summed E-state index contributed by atoms with van der Waals surface area (Å²) < 4.78 is 58.6. The van der Waals surface area contributed by atoms with E-state index in [-0.39, 0.29) is 18.0 Å². The number of H-pyrrole nitrogens is 1. The summed E-state index contributed by atoms with van der Waals surface area (Å²) in [5, 5.41) is 8.20. The number of rotatable bonds is 6. The number of aliphatic carboxylic acids is 1. The second kappa shape index (κ2) is 9.89. The van der Waals surface area contributed by atoms with Crippen LogP contribution in [0, 0.1) is 0 Å². The molecule has 1 aromatic carbocycles. The van der Waals surface area contributed by atoms with Crippen LogP contribution in [0.15, 0.2) is 47.5 Å². The average Bonchev–Trinajstić information content (AvgIpc) is 3.14. The summed E-state index contributed by atoms with van der Waals surface area (Å²) in [6.07, 6.45) is 0.440. The number of alkyl halides is 3. The van der Waals surface area contributed by atoms with Gasteiger partial charge in [-0.25, -0.2) is 22.9 Å². The average molecular weight is 485 g/mol. The van der Waals surface area contributed by atoms with E-state index in [1.165, 1.54) is 25.0 Å². The number of nitrogens with one attached hydrogen (secondary N) is 2. The predicted octanol–water partition coefficient (Wildman–Crippen LogP) is 3.37. The highest BCUT2D eigenvalue weighted by atomic mass is 32.2. The number of carboxylic acid groups (broad SMARTS) is 1. The van der Waals surface area contributed by atoms with Crippen molar-refractivity contribution in [2.24, 2.45) is 5.73 Å². The first-order valence-corrected chi connectivity index (χ1v) is 11.6. The second-order valence-electron chi connectivity index (χ2n) is 7.49. The third kappa shape index (κ3) is 5.89. The van der Waals surface area contributed by atoms with Gasteiger partial charge in [-0.15, -0.1) is 0 Å². The number of aromatic amines is 1. The van der Waals surface area contributed by atoms with Gasteiger partial charge in [0.2, 0.25) is 10.0 Å². The third-order valence-corrected chi connectivity index (χ3v) is 6.73. The molecule has 12 heteroatoms. The number of sulfonamides is 1. The standard InChI is InChI=1S/C19H22N4O2S.C2HF3O2/c20-9-11-22-26(24,25)15-6-4-13(5-7-15)16-8-10-21-19-17(16)12-18(23-19)14-2-1-3-14;3-2(4,5)1(6)7/h4-8,10,12,14,22H,1-3,9,11,20H2,(H,21,23);(H,6,7). The van der Waals surface area contributed by atoms with E-state index in [0.29, 0.717) is 5.92 Å². The molecule has 0 amide bonds. The zero-order chi connectivity index (χ0) is 24.2. The number of aromatic nitrogens is 2. The normalized spacial score (nSPS) is 14.4. The van der Waals surface area contributed by atoms with Crippen LogP contribution in [0.4, 0.5) is 13.2 Å². The lowest BCUT2D eigenvalue weighted by atomic mass is 9.83. The molecule has 1 aliphatic carbocycles. The summed E-state index contributed by atoms with van der Waals surface area (Å²) in [7, 11) is -3.52. The van der Waals surface area contributed by atoms with Crippen LogP contribution < -0.4 is 10.5 Å². The van der Waals surface area contributed by atoms with Crippen LogP contribution in [0.5, 0.6) is 0 Å². The maximum atomic E-state index is 12.2. The minimum atomic E-state index is -5.08. The number of fused-ring (bicyclic) bond motifs is 1. The second-order valence-corrected chi connectivity index (χ2v) is 9.25. The minimum absolute atomic E-state index is 0.225. The third-order valence-electron chi connectivity index (χ3n) is 5.25. The molecule has 178 valence electrons. The number of hydrogen-bond acceptors (Lipinski definition) is 5. The van der Waals surface area contributed by atoms with E-state index in [0.717, 1.165) is 22.2 Å². The zero-order valence-electron chi connectivity index (χ0n) is 17.4. The molecule has 5 N–H and O–H groups in total. The number of carbonyl (C=O) groups is 1. The number of pyridine rings is 1. The van der Waals surface area contributed by atoms with Crippen LogP contribution in [0.25, 0.3) is 22.2 Å². The number of halogens is 3. The molecule has 8 nitrogen and oxygen atoms in total. The number of nitrogens with two attached hydrogens (primary N) is 1. The van der Waals surface area contributed by atoms with Gasteiger partial charge in [-0.05, 0) is 54.2 Å². The molecule has 0 spiro atoms. The van der Waals surface area contributed by atoms with Gasteiger partial charge in [0.25, 0.3) is 0 Å². The first kappa shape index (κ1) is 24.7. The number of benzene rings is 1. The van der Waals surface area contributed by atoms with E-state index in [2.05, 4.69) is 20.8 Å². The summed E-state index contributed by atoms with van der Waals surface area (Å²) in [6.45, 7) is 0.492. The summed E-state index contributed by atoms with van der Waals surface area (Å²) in [6, 6.07) is 11.1. The van der Waals surface area contributed by atoms with Crippen molar-refractivity contribution in [3.05, 3.63) is 48.3 Å². The van der Waals surface area contributed by atoms with Gasteiger partial charge < -0.3 is 15.8 Å². The fourth-order valence-electron chi connectivity index (χ4n) is 3.33. The van der Waals surface area contributed by atoms with Gasteiger partial charge in [0.15, 0.2) is 0 Å². The van der Waals surface area contributed by atoms with Crippen LogP contribution in [-0.4, -0.2) is 48.7 Å². The monoisotopic (exact) mass is 484 g/mol. The highest BCUT2D eigenvalue weighted by Crippen LogP contribution is 2.38. The predicted molar refractivity (Wildman–Crippen MR) is 116 cm³/mol. The van der Waals surface area contributed by atoms with E-state index in [1.54, 1.807) is 18.3 Å². The molecule has 33 heavy (non-hydrogen) atoms. The van der Waals surface area contributed by atoms with Gasteiger partial charge in [0.1, 0.15) is 5.65 Å². The van der Waals surface area contributed by atoms with Crippen LogP contribution in [0.3, 0.4) is 0 Å². The lowest BCUT2D eigenvalue weighted by Gasteiger charge is -2.23. The summed E-state index contributed by atoms with van der Waals surface area (Å²) in [5.41, 5.74) is 9.51. The Kier molecular flexibility index (Phi) is 7.40. The molecule has 0 unspecified atom stereocenters. The Morgan fingerprint density at radius 3 is 2.36 bits per heavy atom. The van der Waals surface area contributed by atoms with Crippen molar-refractivity contribution < 1.29 is 31.5 Å². The number of nitrogens with zero attached hydrogens (tertiary/aromatic N) is 1. The first-order chi connectivity index (χ1) is 15.5. The summed E-state index contributed by atoms with van der Waals surface area (Å²) >= 11 is 0. The number of hydrogen-bond donors (Lipinski definition) is 4. The molecule has 0 atom stereocenters. The van der Waals surface area contributed by atoms with Gasteiger partial charge in [-0.1, -0.05) is 18.6 Å². The fourth-order valence-corrected chi connectivity index (χ4v) is 4.38. The highest BCUT2D eigenvalue weighted by Gasteiger charge is 2.38. The molecular weight excluding hydrogens is 461 g/mol. The van der Waals surface area contributed by atoms with E-state index in [1.807, 2.05) is 18.2 Å². The Balaban J connectivity index is 0.000000383. The molecule has 0 aliphatic heterocycles. The van der Waals surface area contributed by atoms with Crippen molar-refractivity contribution >= 4 is 27.0 Å². The van der Waals surface area contributed by atoms with E-state index in [9.17, 15) is 21.6 Å². The lowest BCUT2D eigenvalue weighted by molar-refractivity contribution is -0.192. The summed E-state index contributed by atoms with van der Waals surface area (Å²) in [4.78, 5) is 17.0. The van der Waals surface area contributed by atoms with Crippen LogP contribution >= 0.6 is 0 Å². The van der Waals surface area contributed by atoms with Crippen molar-refractivity contribution in [1.82, 2.24) is 14.7 Å². The Hall–Kier alpha value is -2.96. The largest absolute Gasteiger partial charge is 0.490 e. The van der Waals surface area contributed by atoms with Crippen LogP contribution in [0.2, 0.25) is 0 Å². The van der Waals surface area contributed by atoms with Crippen molar-refractivity contribution in [3.63, 3.8) is 0 Å². The maximum Gasteiger partial charge on any atom is 0.490 e. The van der Waals surface area contributed by atoms with Crippen molar-refractivity contribution in [3.8, 4) is 11.1 Å². The first-order valence-electron chi connectivity index (χ1n) is 10.1. The van der Waals surface area contributed by atoms with Gasteiger partial charge in [0.05, 0.1) is 4.90 Å². The maximum absolute atomic E-state index is 12.2.